The van der Waals surface area contributed by atoms with Crippen molar-refractivity contribution < 1.29 is 21.6 Å². The van der Waals surface area contributed by atoms with Gasteiger partial charge in [0.1, 0.15) is 0 Å². The number of carbonyl (C=O) groups is 1. The van der Waals surface area contributed by atoms with E-state index in [1.165, 1.54) is 42.5 Å². The fraction of sp³-hybridized carbons (Fsp3) is 0.174. The number of amides is 1. The third kappa shape index (κ3) is 6.03. The van der Waals surface area contributed by atoms with Crippen LogP contribution in [0.25, 0.3) is 0 Å². The van der Waals surface area contributed by atoms with Crippen molar-refractivity contribution in [3.05, 3.63) is 90.0 Å². The number of hydrogen-bond acceptors (Lipinski definition) is 5. The van der Waals surface area contributed by atoms with Gasteiger partial charge in [0.25, 0.3) is 5.91 Å². The summed E-state index contributed by atoms with van der Waals surface area (Å²) < 4.78 is 52.1. The minimum absolute atomic E-state index is 0.0947. The van der Waals surface area contributed by atoms with Gasteiger partial charge in [-0.15, -0.1) is 0 Å². The van der Waals surface area contributed by atoms with Crippen molar-refractivity contribution in [2.45, 2.75) is 35.4 Å². The van der Waals surface area contributed by atoms with E-state index in [-0.39, 0.29) is 21.6 Å². The van der Waals surface area contributed by atoms with Gasteiger partial charge in [-0.1, -0.05) is 30.3 Å². The highest BCUT2D eigenvalue weighted by Crippen LogP contribution is 2.19. The quantitative estimate of drug-likeness (QED) is 0.521. The van der Waals surface area contributed by atoms with Gasteiger partial charge in [-0.3, -0.25) is 4.79 Å². The third-order valence-electron chi connectivity index (χ3n) is 4.46. The molecule has 0 aliphatic rings. The summed E-state index contributed by atoms with van der Waals surface area (Å²) in [6.07, 6.45) is 0. The molecule has 0 aliphatic heterocycles. The molecule has 32 heavy (non-hydrogen) atoms. The number of hydrogen-bond donors (Lipinski definition) is 2. The fourth-order valence-electron chi connectivity index (χ4n) is 3.03. The van der Waals surface area contributed by atoms with Crippen molar-refractivity contribution in [3.8, 4) is 0 Å². The minimum Gasteiger partial charge on any atom is -0.322 e. The van der Waals surface area contributed by atoms with E-state index in [9.17, 15) is 21.6 Å². The van der Waals surface area contributed by atoms with E-state index in [0.29, 0.717) is 16.8 Å². The molecule has 0 atom stereocenters. The molecule has 0 radical (unpaired) electrons. The first kappa shape index (κ1) is 23.6. The van der Waals surface area contributed by atoms with Gasteiger partial charge in [0.15, 0.2) is 9.84 Å². The molecule has 3 rings (SSSR count). The summed E-state index contributed by atoms with van der Waals surface area (Å²) in [5, 5.41) is 2.70. The highest BCUT2D eigenvalue weighted by atomic mass is 32.2. The van der Waals surface area contributed by atoms with Gasteiger partial charge in [0.05, 0.1) is 15.5 Å². The normalized spacial score (nSPS) is 12.0. The first-order valence-electron chi connectivity index (χ1n) is 9.87. The second kappa shape index (κ2) is 9.64. The second-order valence-corrected chi connectivity index (χ2v) is 11.2. The van der Waals surface area contributed by atoms with Crippen molar-refractivity contribution >= 4 is 31.5 Å². The third-order valence-corrected chi connectivity index (χ3v) is 7.84. The number of rotatable bonds is 8. The SMILES string of the molecule is CC(C)NS(=O)(=O)c1ccc(NC(=O)c2cccc(CS(=O)(=O)c3ccccc3)c2)cc1. The van der Waals surface area contributed by atoms with E-state index in [4.69, 9.17) is 0 Å². The van der Waals surface area contributed by atoms with Crippen molar-refractivity contribution in [1.82, 2.24) is 4.72 Å². The van der Waals surface area contributed by atoms with Gasteiger partial charge in [0.2, 0.25) is 10.0 Å². The largest absolute Gasteiger partial charge is 0.322 e. The topological polar surface area (TPSA) is 109 Å². The highest BCUT2D eigenvalue weighted by molar-refractivity contribution is 7.90. The molecule has 168 valence electrons. The molecule has 0 heterocycles. The van der Waals surface area contributed by atoms with Crippen LogP contribution in [0.5, 0.6) is 0 Å². The average Bonchev–Trinajstić information content (AvgIpc) is 2.74. The zero-order chi connectivity index (χ0) is 23.4. The molecule has 3 aromatic carbocycles. The number of sulfonamides is 1. The Morgan fingerprint density at radius 3 is 2.09 bits per heavy atom. The predicted octanol–water partition coefficient (Wildman–Crippen LogP) is 3.60. The molecule has 0 saturated heterocycles. The van der Waals surface area contributed by atoms with Crippen LogP contribution in [0.2, 0.25) is 0 Å². The van der Waals surface area contributed by atoms with Crippen molar-refractivity contribution in [2.24, 2.45) is 0 Å². The van der Waals surface area contributed by atoms with Crippen molar-refractivity contribution in [1.29, 1.82) is 0 Å². The zero-order valence-electron chi connectivity index (χ0n) is 17.6. The number of anilines is 1. The van der Waals surface area contributed by atoms with Gasteiger partial charge >= 0.3 is 0 Å². The van der Waals surface area contributed by atoms with Gasteiger partial charge in [-0.05, 0) is 67.9 Å². The molecular formula is C23H24N2O5S2. The van der Waals surface area contributed by atoms with Crippen LogP contribution in [-0.2, 0) is 25.6 Å². The van der Waals surface area contributed by atoms with Crippen LogP contribution in [0.15, 0.2) is 88.7 Å². The highest BCUT2D eigenvalue weighted by Gasteiger charge is 2.17. The summed E-state index contributed by atoms with van der Waals surface area (Å²) in [6, 6.07) is 20.1. The van der Waals surface area contributed by atoms with Crippen molar-refractivity contribution in [3.63, 3.8) is 0 Å². The maximum Gasteiger partial charge on any atom is 0.255 e. The first-order chi connectivity index (χ1) is 15.1. The summed E-state index contributed by atoms with van der Waals surface area (Å²) in [5.41, 5.74) is 1.20. The molecule has 1 amide bonds. The molecule has 0 unspecified atom stereocenters. The summed E-state index contributed by atoms with van der Waals surface area (Å²) >= 11 is 0. The Morgan fingerprint density at radius 2 is 1.47 bits per heavy atom. The lowest BCUT2D eigenvalue weighted by Gasteiger charge is -2.11. The van der Waals surface area contributed by atoms with Gasteiger partial charge < -0.3 is 5.32 Å². The maximum absolute atomic E-state index is 12.6. The molecule has 7 nitrogen and oxygen atoms in total. The van der Waals surface area contributed by atoms with Gasteiger partial charge in [0, 0.05) is 17.3 Å². The Morgan fingerprint density at radius 1 is 0.812 bits per heavy atom. The molecule has 2 N–H and O–H groups in total. The summed E-state index contributed by atoms with van der Waals surface area (Å²) in [4.78, 5) is 13.0. The van der Waals surface area contributed by atoms with E-state index in [1.54, 1.807) is 50.2 Å². The number of sulfone groups is 1. The molecule has 0 saturated carbocycles. The van der Waals surface area contributed by atoms with Crippen LogP contribution in [0.3, 0.4) is 0 Å². The second-order valence-electron chi connectivity index (χ2n) is 7.53. The van der Waals surface area contributed by atoms with Crippen LogP contribution in [0.1, 0.15) is 29.8 Å². The first-order valence-corrected chi connectivity index (χ1v) is 13.0. The van der Waals surface area contributed by atoms with E-state index >= 15 is 0 Å². The smallest absolute Gasteiger partial charge is 0.255 e. The lowest BCUT2D eigenvalue weighted by molar-refractivity contribution is 0.102. The minimum atomic E-state index is -3.62. The van der Waals surface area contributed by atoms with Gasteiger partial charge in [-0.2, -0.15) is 0 Å². The molecule has 3 aromatic rings. The van der Waals surface area contributed by atoms with Crippen LogP contribution >= 0.6 is 0 Å². The zero-order valence-corrected chi connectivity index (χ0v) is 19.3. The standard InChI is InChI=1S/C23H24N2O5S2/c1-17(2)25-32(29,30)22-13-11-20(12-14-22)24-23(26)19-8-6-7-18(15-19)16-31(27,28)21-9-4-3-5-10-21/h3-15,17,25H,16H2,1-2H3,(H,24,26). The summed E-state index contributed by atoms with van der Waals surface area (Å²) in [7, 11) is -7.16. The van der Waals surface area contributed by atoms with Crippen LogP contribution < -0.4 is 10.0 Å². The summed E-state index contributed by atoms with van der Waals surface area (Å²) in [6.45, 7) is 3.46. The molecule has 0 aromatic heterocycles. The Labute approximate surface area is 188 Å². The lowest BCUT2D eigenvalue weighted by Crippen LogP contribution is -2.30. The van der Waals surface area contributed by atoms with E-state index in [0.717, 1.165) is 0 Å². The van der Waals surface area contributed by atoms with Gasteiger partial charge in [-0.25, -0.2) is 21.6 Å². The number of nitrogens with one attached hydrogen (secondary N) is 2. The Kier molecular flexibility index (Phi) is 7.12. The molecular weight excluding hydrogens is 448 g/mol. The molecule has 0 spiro atoms. The Hall–Kier alpha value is -3.01. The van der Waals surface area contributed by atoms with E-state index < -0.39 is 25.8 Å². The Bertz CT molecular complexity index is 1300. The predicted molar refractivity (Wildman–Crippen MR) is 124 cm³/mol. The lowest BCUT2D eigenvalue weighted by atomic mass is 10.1. The molecule has 0 bridgehead atoms. The summed E-state index contributed by atoms with van der Waals surface area (Å²) in [5.74, 6) is -0.659. The Balaban J connectivity index is 1.73. The van der Waals surface area contributed by atoms with Crippen LogP contribution in [-0.4, -0.2) is 28.8 Å². The monoisotopic (exact) mass is 472 g/mol. The van der Waals surface area contributed by atoms with E-state index in [1.807, 2.05) is 0 Å². The molecule has 9 heteroatoms. The number of benzene rings is 3. The van der Waals surface area contributed by atoms with Crippen LogP contribution in [0, 0.1) is 0 Å². The maximum atomic E-state index is 12.6. The van der Waals surface area contributed by atoms with E-state index in [2.05, 4.69) is 10.0 Å². The fourth-order valence-corrected chi connectivity index (χ4v) is 5.64. The average molecular weight is 473 g/mol. The molecule has 0 aliphatic carbocycles. The van der Waals surface area contributed by atoms with Crippen LogP contribution in [0.4, 0.5) is 5.69 Å². The number of carbonyl (C=O) groups excluding carboxylic acids is 1. The molecule has 0 fully saturated rings. The van der Waals surface area contributed by atoms with Crippen molar-refractivity contribution in [2.75, 3.05) is 5.32 Å².